The number of carbonyl (C=O) groups is 1. The Morgan fingerprint density at radius 2 is 2.08 bits per heavy atom. The Hall–Kier alpha value is -2.53. The van der Waals surface area contributed by atoms with Gasteiger partial charge in [0, 0.05) is 32.4 Å². The third-order valence-corrected chi connectivity index (χ3v) is 4.68. The van der Waals surface area contributed by atoms with Crippen LogP contribution in [0.15, 0.2) is 48.5 Å². The molecule has 5 nitrogen and oxygen atoms in total. The number of carbonyl (C=O) groups excluding carboxylic acids is 1. The van der Waals surface area contributed by atoms with Crippen molar-refractivity contribution in [3.63, 3.8) is 0 Å². The summed E-state index contributed by atoms with van der Waals surface area (Å²) in [6, 6.07) is 14.9. The van der Waals surface area contributed by atoms with Crippen molar-refractivity contribution in [1.82, 2.24) is 10.2 Å². The molecule has 1 aliphatic rings. The molecule has 1 aliphatic heterocycles. The van der Waals surface area contributed by atoms with Crippen LogP contribution in [0.1, 0.15) is 22.3 Å². The summed E-state index contributed by atoms with van der Waals surface area (Å²) >= 11 is 0. The summed E-state index contributed by atoms with van der Waals surface area (Å²) in [5.74, 6) is 0.739. The fraction of sp³-hybridized carbons (Fsp3) is 0.350. The summed E-state index contributed by atoms with van der Waals surface area (Å²) < 4.78 is 0. The van der Waals surface area contributed by atoms with Crippen molar-refractivity contribution in [3.05, 3.63) is 59.7 Å². The number of hydrogen-bond donors (Lipinski definition) is 3. The lowest BCUT2D eigenvalue weighted by atomic mass is 10.1. The molecule has 1 saturated heterocycles. The summed E-state index contributed by atoms with van der Waals surface area (Å²) in [4.78, 5) is 14.8. The quantitative estimate of drug-likeness (QED) is 0.757. The molecule has 25 heavy (non-hydrogen) atoms. The van der Waals surface area contributed by atoms with Gasteiger partial charge in [0.05, 0.1) is 5.56 Å². The molecule has 3 rings (SSSR count). The molecule has 0 saturated carbocycles. The average molecular weight is 339 g/mol. The minimum absolute atomic E-state index is 0.0311. The maximum absolute atomic E-state index is 12.4. The van der Waals surface area contributed by atoms with Gasteiger partial charge in [-0.1, -0.05) is 24.3 Å². The number of phenolic OH excluding ortho intramolecular Hbond substituents is 1. The van der Waals surface area contributed by atoms with Crippen LogP contribution in [0.2, 0.25) is 0 Å². The highest BCUT2D eigenvalue weighted by Gasteiger charge is 2.23. The maximum atomic E-state index is 12.4. The van der Waals surface area contributed by atoms with Crippen molar-refractivity contribution >= 4 is 11.6 Å². The van der Waals surface area contributed by atoms with E-state index in [4.69, 9.17) is 0 Å². The highest BCUT2D eigenvalue weighted by Crippen LogP contribution is 2.20. The number of rotatable bonds is 6. The Kier molecular flexibility index (Phi) is 5.56. The molecule has 1 amide bonds. The molecule has 0 spiro atoms. The normalized spacial score (nSPS) is 17.4. The molecule has 132 valence electrons. The smallest absolute Gasteiger partial charge is 0.253 e. The van der Waals surface area contributed by atoms with E-state index < -0.39 is 0 Å². The van der Waals surface area contributed by atoms with Gasteiger partial charge in [0.2, 0.25) is 0 Å². The second kappa shape index (κ2) is 8.03. The van der Waals surface area contributed by atoms with Crippen LogP contribution in [-0.2, 0) is 6.54 Å². The van der Waals surface area contributed by atoms with E-state index >= 15 is 0 Å². The van der Waals surface area contributed by atoms with E-state index in [0.717, 1.165) is 37.3 Å². The number of nitrogens with zero attached hydrogens (tertiary/aromatic N) is 1. The Morgan fingerprint density at radius 3 is 2.88 bits per heavy atom. The maximum Gasteiger partial charge on any atom is 0.253 e. The fourth-order valence-electron chi connectivity index (χ4n) is 3.37. The molecule has 3 N–H and O–H groups in total. The number of aromatic hydroxyl groups is 1. The summed E-state index contributed by atoms with van der Waals surface area (Å²) in [6.45, 7) is 3.50. The van der Waals surface area contributed by atoms with Crippen LogP contribution >= 0.6 is 0 Å². The lowest BCUT2D eigenvalue weighted by molar-refractivity contribution is 0.0948. The van der Waals surface area contributed by atoms with E-state index in [9.17, 15) is 9.90 Å². The van der Waals surface area contributed by atoms with Crippen LogP contribution in [-0.4, -0.2) is 42.6 Å². The van der Waals surface area contributed by atoms with E-state index in [1.54, 1.807) is 6.07 Å². The van der Waals surface area contributed by atoms with Crippen molar-refractivity contribution < 1.29 is 9.90 Å². The van der Waals surface area contributed by atoms with Crippen molar-refractivity contribution in [2.75, 3.05) is 32.0 Å². The first kappa shape index (κ1) is 17.3. The van der Waals surface area contributed by atoms with Gasteiger partial charge in [-0.25, -0.2) is 0 Å². The van der Waals surface area contributed by atoms with E-state index in [-0.39, 0.29) is 5.91 Å². The minimum atomic E-state index is -0.0311. The van der Waals surface area contributed by atoms with Crippen LogP contribution in [0, 0.1) is 5.92 Å². The van der Waals surface area contributed by atoms with Gasteiger partial charge >= 0.3 is 0 Å². The molecule has 0 aliphatic carbocycles. The molecular weight excluding hydrogens is 314 g/mol. The third-order valence-electron chi connectivity index (χ3n) is 4.68. The summed E-state index contributed by atoms with van der Waals surface area (Å²) in [7, 11) is 1.82. The van der Waals surface area contributed by atoms with Crippen molar-refractivity contribution in [2.45, 2.75) is 13.0 Å². The fourth-order valence-corrected chi connectivity index (χ4v) is 3.37. The molecule has 0 aromatic heterocycles. The van der Waals surface area contributed by atoms with E-state index in [2.05, 4.69) is 15.5 Å². The van der Waals surface area contributed by atoms with Gasteiger partial charge in [-0.15, -0.1) is 0 Å². The SMILES string of the molecule is CNc1ccccc1C(=O)NCC1CCN(Cc2cccc(O)c2)C1. The molecular formula is C20H25N3O2. The van der Waals surface area contributed by atoms with Crippen LogP contribution < -0.4 is 10.6 Å². The number of anilines is 1. The molecule has 1 atom stereocenters. The molecule has 2 aromatic carbocycles. The van der Waals surface area contributed by atoms with Crippen molar-refractivity contribution in [2.24, 2.45) is 5.92 Å². The largest absolute Gasteiger partial charge is 0.508 e. The van der Waals surface area contributed by atoms with Gasteiger partial charge < -0.3 is 15.7 Å². The minimum Gasteiger partial charge on any atom is -0.508 e. The van der Waals surface area contributed by atoms with Crippen molar-refractivity contribution in [3.8, 4) is 5.75 Å². The zero-order valence-electron chi connectivity index (χ0n) is 14.5. The predicted molar refractivity (Wildman–Crippen MR) is 99.8 cm³/mol. The average Bonchev–Trinajstić information content (AvgIpc) is 3.07. The Morgan fingerprint density at radius 1 is 1.24 bits per heavy atom. The molecule has 1 unspecified atom stereocenters. The number of amides is 1. The lowest BCUT2D eigenvalue weighted by Crippen LogP contribution is -2.31. The molecule has 1 fully saturated rings. The standard InChI is InChI=1S/C20H25N3O2/c1-21-19-8-3-2-7-18(19)20(25)22-12-16-9-10-23(14-16)13-15-5-4-6-17(24)11-15/h2-8,11,16,21,24H,9-10,12-14H2,1H3,(H,22,25). The molecule has 1 heterocycles. The molecule has 5 heteroatoms. The van der Waals surface area contributed by atoms with E-state index in [1.165, 1.54) is 0 Å². The molecule has 0 radical (unpaired) electrons. The molecule has 0 bridgehead atoms. The number of phenols is 1. The van der Waals surface area contributed by atoms with Crippen LogP contribution in [0.4, 0.5) is 5.69 Å². The second-order valence-electron chi connectivity index (χ2n) is 6.57. The number of para-hydroxylation sites is 1. The van der Waals surface area contributed by atoms with Gasteiger partial charge in [-0.2, -0.15) is 0 Å². The highest BCUT2D eigenvalue weighted by atomic mass is 16.3. The number of benzene rings is 2. The van der Waals surface area contributed by atoms with Gasteiger partial charge in [0.15, 0.2) is 0 Å². The van der Waals surface area contributed by atoms with Crippen LogP contribution in [0.5, 0.6) is 5.75 Å². The van der Waals surface area contributed by atoms with Gasteiger partial charge in [0.25, 0.3) is 5.91 Å². The predicted octanol–water partition coefficient (Wildman–Crippen LogP) is 2.69. The Bertz CT molecular complexity index is 732. The second-order valence-corrected chi connectivity index (χ2v) is 6.57. The van der Waals surface area contributed by atoms with Crippen LogP contribution in [0.3, 0.4) is 0 Å². The number of hydrogen-bond acceptors (Lipinski definition) is 4. The summed E-state index contributed by atoms with van der Waals surface area (Å²) in [5.41, 5.74) is 2.64. The Labute approximate surface area is 148 Å². The first-order chi connectivity index (χ1) is 12.2. The first-order valence-corrected chi connectivity index (χ1v) is 8.71. The topological polar surface area (TPSA) is 64.6 Å². The lowest BCUT2D eigenvalue weighted by Gasteiger charge is -2.17. The van der Waals surface area contributed by atoms with E-state index in [0.29, 0.717) is 23.8 Å². The van der Waals surface area contributed by atoms with Gasteiger partial charge in [-0.3, -0.25) is 9.69 Å². The third kappa shape index (κ3) is 4.51. The number of likely N-dealkylation sites (tertiary alicyclic amines) is 1. The summed E-state index contributed by atoms with van der Waals surface area (Å²) in [6.07, 6.45) is 1.08. The van der Waals surface area contributed by atoms with Gasteiger partial charge in [-0.05, 0) is 48.7 Å². The Balaban J connectivity index is 1.49. The monoisotopic (exact) mass is 339 g/mol. The number of nitrogens with one attached hydrogen (secondary N) is 2. The zero-order chi connectivity index (χ0) is 17.6. The highest BCUT2D eigenvalue weighted by molar-refractivity contribution is 5.99. The van der Waals surface area contributed by atoms with Crippen LogP contribution in [0.25, 0.3) is 0 Å². The summed E-state index contributed by atoms with van der Waals surface area (Å²) in [5, 5.41) is 15.7. The zero-order valence-corrected chi connectivity index (χ0v) is 14.5. The van der Waals surface area contributed by atoms with Crippen molar-refractivity contribution in [1.29, 1.82) is 0 Å². The first-order valence-electron chi connectivity index (χ1n) is 8.71. The van der Waals surface area contributed by atoms with Gasteiger partial charge in [0.1, 0.15) is 5.75 Å². The molecule has 2 aromatic rings. The van der Waals surface area contributed by atoms with E-state index in [1.807, 2.05) is 49.5 Å².